The number of ether oxygens (including phenoxy) is 1. The lowest BCUT2D eigenvalue weighted by molar-refractivity contribution is -0.139. The maximum Gasteiger partial charge on any atom is 0.326 e. The maximum atomic E-state index is 13.3. The molecule has 1 aliphatic rings. The van der Waals surface area contributed by atoms with E-state index in [-0.39, 0.29) is 12.0 Å². The molecule has 7 heteroatoms. The van der Waals surface area contributed by atoms with Crippen molar-refractivity contribution in [1.82, 2.24) is 5.32 Å². The van der Waals surface area contributed by atoms with Gasteiger partial charge in [0.15, 0.2) is 0 Å². The molecule has 2 aromatic rings. The van der Waals surface area contributed by atoms with Gasteiger partial charge < -0.3 is 15.2 Å². The monoisotopic (exact) mass is 557 g/mol. The molecule has 38 heavy (non-hydrogen) atoms. The molecule has 1 amide bonds. The summed E-state index contributed by atoms with van der Waals surface area (Å²) in [7, 11) is 0. The molecule has 0 heterocycles. The van der Waals surface area contributed by atoms with Gasteiger partial charge in [0.2, 0.25) is 0 Å². The zero-order valence-corrected chi connectivity index (χ0v) is 24.8. The van der Waals surface area contributed by atoms with Crippen molar-refractivity contribution in [2.24, 2.45) is 5.92 Å². The summed E-state index contributed by atoms with van der Waals surface area (Å²) in [6.07, 6.45) is 9.02. The summed E-state index contributed by atoms with van der Waals surface area (Å²) in [5.41, 5.74) is 4.31. The highest BCUT2D eigenvalue weighted by Gasteiger charge is 2.29. The van der Waals surface area contributed by atoms with Gasteiger partial charge in [0.1, 0.15) is 6.04 Å². The molecule has 2 unspecified atom stereocenters. The van der Waals surface area contributed by atoms with Gasteiger partial charge in [0.25, 0.3) is 5.91 Å². The lowest BCUT2D eigenvalue weighted by atomic mass is 9.85. The Kier molecular flexibility index (Phi) is 12.5. The topological polar surface area (TPSA) is 75.6 Å². The predicted octanol–water partition coefficient (Wildman–Crippen LogP) is 7.21. The van der Waals surface area contributed by atoms with Gasteiger partial charge in [-0.2, -0.15) is 23.5 Å². The van der Waals surface area contributed by atoms with E-state index in [1.54, 1.807) is 11.8 Å². The van der Waals surface area contributed by atoms with Crippen molar-refractivity contribution in [1.29, 1.82) is 0 Å². The van der Waals surface area contributed by atoms with Gasteiger partial charge in [-0.15, -0.1) is 0 Å². The quantitative estimate of drug-likeness (QED) is 0.256. The Morgan fingerprint density at radius 3 is 2.50 bits per heavy atom. The third kappa shape index (κ3) is 8.52. The van der Waals surface area contributed by atoms with Gasteiger partial charge in [-0.25, -0.2) is 4.79 Å². The van der Waals surface area contributed by atoms with Crippen LogP contribution in [-0.4, -0.2) is 52.1 Å². The fourth-order valence-electron chi connectivity index (χ4n) is 5.34. The van der Waals surface area contributed by atoms with Gasteiger partial charge in [-0.1, -0.05) is 56.5 Å². The minimum atomic E-state index is -1.01. The van der Waals surface area contributed by atoms with Crippen molar-refractivity contribution in [2.75, 3.05) is 17.8 Å². The summed E-state index contributed by atoms with van der Waals surface area (Å²) in [5.74, 6) is 1.08. The van der Waals surface area contributed by atoms with Crippen molar-refractivity contribution < 1.29 is 19.4 Å². The first-order chi connectivity index (χ1) is 18.3. The molecule has 5 nitrogen and oxygen atoms in total. The van der Waals surface area contributed by atoms with Crippen LogP contribution in [0.4, 0.5) is 0 Å². The van der Waals surface area contributed by atoms with Crippen LogP contribution in [0.25, 0.3) is 11.1 Å². The van der Waals surface area contributed by atoms with Crippen molar-refractivity contribution in [2.45, 2.75) is 83.3 Å². The van der Waals surface area contributed by atoms with Crippen molar-refractivity contribution in [3.8, 4) is 11.1 Å². The Labute approximate surface area is 236 Å². The zero-order valence-electron chi connectivity index (χ0n) is 23.2. The molecule has 0 radical (unpaired) electrons. The van der Waals surface area contributed by atoms with E-state index in [0.717, 1.165) is 28.0 Å². The highest BCUT2D eigenvalue weighted by molar-refractivity contribution is 7.99. The number of carbonyl (C=O) groups is 2. The summed E-state index contributed by atoms with van der Waals surface area (Å²) in [4.78, 5) is 25.1. The summed E-state index contributed by atoms with van der Waals surface area (Å²) >= 11 is 3.59. The number of thioether (sulfide) groups is 2. The van der Waals surface area contributed by atoms with Gasteiger partial charge in [0.05, 0.1) is 12.7 Å². The molecule has 1 aliphatic carbocycles. The van der Waals surface area contributed by atoms with E-state index in [1.165, 1.54) is 32.1 Å². The SMILES string of the molecule is CCSC(C1CCCCC1)C(C)OCc1ccc(C(=O)N[C@@H](CCSC)C(=O)O)c(-c2ccccc2C)c1. The molecule has 0 saturated heterocycles. The van der Waals surface area contributed by atoms with Gasteiger partial charge in [0, 0.05) is 10.8 Å². The number of nitrogens with one attached hydrogen (secondary N) is 1. The molecule has 1 fully saturated rings. The Balaban J connectivity index is 1.83. The highest BCUT2D eigenvalue weighted by Crippen LogP contribution is 2.36. The average Bonchev–Trinajstić information content (AvgIpc) is 2.93. The molecule has 0 aromatic heterocycles. The smallest absolute Gasteiger partial charge is 0.326 e. The Bertz CT molecular complexity index is 1050. The first kappa shape index (κ1) is 30.6. The largest absolute Gasteiger partial charge is 0.480 e. The second-order valence-corrected chi connectivity index (χ2v) is 12.6. The number of carboxylic acid groups (broad SMARTS) is 1. The van der Waals surface area contributed by atoms with Crippen LogP contribution < -0.4 is 5.32 Å². The molecule has 2 N–H and O–H groups in total. The molecular weight excluding hydrogens is 514 g/mol. The molecule has 0 spiro atoms. The van der Waals surface area contributed by atoms with E-state index >= 15 is 0 Å². The predicted molar refractivity (Wildman–Crippen MR) is 161 cm³/mol. The molecule has 1 saturated carbocycles. The normalized spacial score (nSPS) is 16.5. The number of hydrogen-bond donors (Lipinski definition) is 2. The van der Waals surface area contributed by atoms with Crippen LogP contribution in [0, 0.1) is 12.8 Å². The van der Waals surface area contributed by atoms with Gasteiger partial charge in [-0.3, -0.25) is 4.79 Å². The fourth-order valence-corrected chi connectivity index (χ4v) is 7.09. The molecule has 3 atom stereocenters. The molecule has 0 aliphatic heterocycles. The Morgan fingerprint density at radius 1 is 1.11 bits per heavy atom. The third-order valence-electron chi connectivity index (χ3n) is 7.43. The van der Waals surface area contributed by atoms with E-state index in [1.807, 2.05) is 67.4 Å². The molecule has 2 aromatic carbocycles. The first-order valence-corrected chi connectivity index (χ1v) is 16.2. The van der Waals surface area contributed by atoms with Crippen molar-refractivity contribution in [3.63, 3.8) is 0 Å². The van der Waals surface area contributed by atoms with Crippen LogP contribution in [0.2, 0.25) is 0 Å². The third-order valence-corrected chi connectivity index (χ3v) is 9.56. The average molecular weight is 558 g/mol. The number of carbonyl (C=O) groups excluding carboxylic acids is 1. The minimum absolute atomic E-state index is 0.140. The van der Waals surface area contributed by atoms with Crippen LogP contribution in [0.15, 0.2) is 42.5 Å². The lowest BCUT2D eigenvalue weighted by Gasteiger charge is -2.33. The summed E-state index contributed by atoms with van der Waals surface area (Å²) in [5, 5.41) is 12.9. The molecule has 208 valence electrons. The van der Waals surface area contributed by atoms with E-state index in [4.69, 9.17) is 4.74 Å². The number of amides is 1. The first-order valence-electron chi connectivity index (χ1n) is 13.8. The van der Waals surface area contributed by atoms with E-state index in [9.17, 15) is 14.7 Å². The Hall–Kier alpha value is -1.96. The zero-order chi connectivity index (χ0) is 27.5. The van der Waals surface area contributed by atoms with Crippen LogP contribution >= 0.6 is 23.5 Å². The second-order valence-electron chi connectivity index (χ2n) is 10.2. The summed E-state index contributed by atoms with van der Waals surface area (Å²) < 4.78 is 6.46. The van der Waals surface area contributed by atoms with E-state index < -0.39 is 12.0 Å². The van der Waals surface area contributed by atoms with Gasteiger partial charge >= 0.3 is 5.97 Å². The number of rotatable bonds is 14. The number of aryl methyl sites for hydroxylation is 1. The number of benzene rings is 2. The van der Waals surface area contributed by atoms with Crippen LogP contribution in [0.1, 0.15) is 73.9 Å². The summed E-state index contributed by atoms with van der Waals surface area (Å²) in [6, 6.07) is 12.8. The number of carboxylic acids is 1. The van der Waals surface area contributed by atoms with E-state index in [0.29, 0.717) is 35.5 Å². The van der Waals surface area contributed by atoms with Crippen LogP contribution in [0.3, 0.4) is 0 Å². The lowest BCUT2D eigenvalue weighted by Crippen LogP contribution is -2.41. The summed E-state index contributed by atoms with van der Waals surface area (Å²) in [6.45, 7) is 6.92. The number of hydrogen-bond acceptors (Lipinski definition) is 5. The molecule has 0 bridgehead atoms. The molecular formula is C31H43NO4S2. The van der Waals surface area contributed by atoms with Crippen molar-refractivity contribution in [3.05, 3.63) is 59.2 Å². The second kappa shape index (κ2) is 15.6. The van der Waals surface area contributed by atoms with Crippen LogP contribution in [-0.2, 0) is 16.1 Å². The van der Waals surface area contributed by atoms with Crippen molar-refractivity contribution >= 4 is 35.4 Å². The molecule has 3 rings (SSSR count). The Morgan fingerprint density at radius 2 is 1.84 bits per heavy atom. The number of aliphatic carboxylic acids is 1. The van der Waals surface area contributed by atoms with Gasteiger partial charge in [-0.05, 0) is 91.2 Å². The minimum Gasteiger partial charge on any atom is -0.480 e. The maximum absolute atomic E-state index is 13.3. The highest BCUT2D eigenvalue weighted by atomic mass is 32.2. The van der Waals surface area contributed by atoms with E-state index in [2.05, 4.69) is 19.2 Å². The van der Waals surface area contributed by atoms with Crippen LogP contribution in [0.5, 0.6) is 0 Å². The standard InChI is InChI=1S/C31H43NO4S2/c1-5-38-29(24-12-7-6-8-13-24)22(3)36-20-23-15-16-26(27(19-23)25-14-10-9-11-21(25)2)30(33)32-28(31(34)35)17-18-37-4/h9-11,14-16,19,22,24,28-29H,5-8,12-13,17-18,20H2,1-4H3,(H,32,33)(H,34,35)/t22?,28-,29?/m0/s1. The fraction of sp³-hybridized carbons (Fsp3) is 0.548.